The van der Waals surface area contributed by atoms with Crippen molar-refractivity contribution < 1.29 is 9.53 Å². The Bertz CT molecular complexity index is 938. The van der Waals surface area contributed by atoms with Crippen molar-refractivity contribution in [1.82, 2.24) is 30.1 Å². The molecule has 1 aliphatic rings. The lowest BCUT2D eigenvalue weighted by Gasteiger charge is -2.12. The third-order valence-corrected chi connectivity index (χ3v) is 3.74. The van der Waals surface area contributed by atoms with E-state index < -0.39 is 0 Å². The van der Waals surface area contributed by atoms with E-state index in [1.54, 1.807) is 19.3 Å². The lowest BCUT2D eigenvalue weighted by atomic mass is 10.3. The molecule has 3 aromatic heterocycles. The van der Waals surface area contributed by atoms with Crippen LogP contribution in [0.3, 0.4) is 0 Å². The average molecular weight is 340 g/mol. The van der Waals surface area contributed by atoms with E-state index in [1.165, 1.54) is 10.7 Å². The molecule has 10 heteroatoms. The number of anilines is 3. The van der Waals surface area contributed by atoms with Crippen LogP contribution < -0.4 is 16.0 Å². The number of imidazole rings is 1. The molecular formula is C15H16N8O2. The summed E-state index contributed by atoms with van der Waals surface area (Å²) < 4.78 is 7.04. The summed E-state index contributed by atoms with van der Waals surface area (Å²) >= 11 is 0. The second kappa shape index (κ2) is 6.32. The first-order valence-electron chi connectivity index (χ1n) is 7.76. The maximum absolute atomic E-state index is 12.4. The fourth-order valence-corrected chi connectivity index (χ4v) is 2.56. The largest absolute Gasteiger partial charge is 0.385 e. The predicted octanol–water partition coefficient (Wildman–Crippen LogP) is 0.565. The highest BCUT2D eigenvalue weighted by molar-refractivity contribution is 5.94. The van der Waals surface area contributed by atoms with Gasteiger partial charge in [0.1, 0.15) is 0 Å². The van der Waals surface area contributed by atoms with Gasteiger partial charge in [0, 0.05) is 25.2 Å². The first kappa shape index (κ1) is 15.3. The van der Waals surface area contributed by atoms with Crippen molar-refractivity contribution in [3.8, 4) is 0 Å². The van der Waals surface area contributed by atoms with Crippen LogP contribution in [0.15, 0.2) is 24.5 Å². The lowest BCUT2D eigenvalue weighted by Crippen LogP contribution is -2.28. The van der Waals surface area contributed by atoms with Gasteiger partial charge in [0.25, 0.3) is 5.91 Å². The molecular weight excluding hydrogens is 324 g/mol. The van der Waals surface area contributed by atoms with Gasteiger partial charge in [-0.25, -0.2) is 9.50 Å². The molecule has 4 rings (SSSR count). The van der Waals surface area contributed by atoms with Crippen molar-refractivity contribution in [2.45, 2.75) is 6.61 Å². The summed E-state index contributed by atoms with van der Waals surface area (Å²) in [7, 11) is 1.78. The molecule has 25 heavy (non-hydrogen) atoms. The van der Waals surface area contributed by atoms with Crippen LogP contribution in [0.2, 0.25) is 0 Å². The van der Waals surface area contributed by atoms with E-state index in [-0.39, 0.29) is 5.91 Å². The number of fused-ring (bicyclic) bond motifs is 3. The van der Waals surface area contributed by atoms with Gasteiger partial charge in [-0.2, -0.15) is 5.10 Å². The van der Waals surface area contributed by atoms with Gasteiger partial charge in [-0.1, -0.05) is 0 Å². The number of nitrogens with zero attached hydrogens (tertiary/aromatic N) is 5. The van der Waals surface area contributed by atoms with Gasteiger partial charge in [-0.05, 0) is 6.07 Å². The Labute approximate surface area is 142 Å². The second-order valence-corrected chi connectivity index (χ2v) is 5.45. The highest BCUT2D eigenvalue weighted by Gasteiger charge is 2.17. The molecule has 128 valence electrons. The number of hydrogen-bond acceptors (Lipinski definition) is 8. The van der Waals surface area contributed by atoms with Crippen molar-refractivity contribution in [2.24, 2.45) is 0 Å². The SMILES string of the molecule is CNc1cc2nn3c(cnc13)C(=O)NCCOCc1cnnc(c1)N2. The summed E-state index contributed by atoms with van der Waals surface area (Å²) in [5.74, 6) is 0.782. The molecule has 0 atom stereocenters. The minimum Gasteiger partial charge on any atom is -0.385 e. The zero-order valence-electron chi connectivity index (χ0n) is 13.5. The molecule has 4 bridgehead atoms. The molecule has 10 nitrogen and oxygen atoms in total. The number of ether oxygens (including phenoxy) is 1. The summed E-state index contributed by atoms with van der Waals surface area (Å²) in [6.45, 7) is 1.15. The summed E-state index contributed by atoms with van der Waals surface area (Å²) in [4.78, 5) is 16.7. The average Bonchev–Trinajstić information content (AvgIpc) is 3.04. The van der Waals surface area contributed by atoms with E-state index in [0.717, 1.165) is 11.3 Å². The van der Waals surface area contributed by atoms with Crippen molar-refractivity contribution in [3.05, 3.63) is 35.8 Å². The highest BCUT2D eigenvalue weighted by Crippen LogP contribution is 2.22. The Kier molecular flexibility index (Phi) is 3.86. The summed E-state index contributed by atoms with van der Waals surface area (Å²) in [6.07, 6.45) is 3.13. The lowest BCUT2D eigenvalue weighted by molar-refractivity contribution is 0.0894. The first-order valence-corrected chi connectivity index (χ1v) is 7.76. The number of hydrogen-bond donors (Lipinski definition) is 3. The summed E-state index contributed by atoms with van der Waals surface area (Å²) in [5.41, 5.74) is 2.50. The third-order valence-electron chi connectivity index (χ3n) is 3.74. The highest BCUT2D eigenvalue weighted by atomic mass is 16.5. The van der Waals surface area contributed by atoms with Crippen molar-refractivity contribution in [2.75, 3.05) is 30.8 Å². The molecule has 0 radical (unpaired) electrons. The number of carbonyl (C=O) groups is 1. The van der Waals surface area contributed by atoms with Crippen LogP contribution in [-0.2, 0) is 11.3 Å². The molecule has 0 saturated heterocycles. The number of carbonyl (C=O) groups excluding carboxylic acids is 1. The molecule has 4 heterocycles. The number of aromatic nitrogens is 5. The normalized spacial score (nSPS) is 14.7. The Balaban J connectivity index is 1.85. The van der Waals surface area contributed by atoms with Crippen LogP contribution in [-0.4, -0.2) is 50.9 Å². The maximum atomic E-state index is 12.4. The topological polar surface area (TPSA) is 118 Å². The standard InChI is InChI=1S/C15H16N8O2/c1-16-10-5-13-20-12-4-9(6-19-21-12)8-25-3-2-17-15(24)11-7-18-14(10)23(11)22-13/h4-7,16H,2-3,8H2,1H3,(H,17,24)(H,20,21,22). The molecule has 0 aliphatic carbocycles. The summed E-state index contributed by atoms with van der Waals surface area (Å²) in [6, 6.07) is 3.64. The predicted molar refractivity (Wildman–Crippen MR) is 89.8 cm³/mol. The van der Waals surface area contributed by atoms with Gasteiger partial charge in [-0.3, -0.25) is 4.79 Å². The van der Waals surface area contributed by atoms with Crippen LogP contribution in [0, 0.1) is 0 Å². The van der Waals surface area contributed by atoms with Gasteiger partial charge in [0.15, 0.2) is 23.0 Å². The van der Waals surface area contributed by atoms with Crippen LogP contribution in [0.25, 0.3) is 5.65 Å². The van der Waals surface area contributed by atoms with Gasteiger partial charge < -0.3 is 20.7 Å². The first-order chi connectivity index (χ1) is 12.2. The van der Waals surface area contributed by atoms with Gasteiger partial charge >= 0.3 is 0 Å². The van der Waals surface area contributed by atoms with E-state index in [0.29, 0.717) is 42.7 Å². The van der Waals surface area contributed by atoms with Crippen molar-refractivity contribution in [3.63, 3.8) is 0 Å². The van der Waals surface area contributed by atoms with Crippen molar-refractivity contribution in [1.29, 1.82) is 0 Å². The molecule has 3 N–H and O–H groups in total. The van der Waals surface area contributed by atoms with Gasteiger partial charge in [0.05, 0.1) is 31.3 Å². The molecule has 1 aliphatic heterocycles. The Morgan fingerprint density at radius 1 is 1.28 bits per heavy atom. The van der Waals surface area contributed by atoms with E-state index in [1.807, 2.05) is 6.07 Å². The van der Waals surface area contributed by atoms with E-state index in [4.69, 9.17) is 4.74 Å². The van der Waals surface area contributed by atoms with E-state index in [2.05, 4.69) is 36.2 Å². The van der Waals surface area contributed by atoms with Crippen LogP contribution in [0.5, 0.6) is 0 Å². The third kappa shape index (κ3) is 2.94. The number of rotatable bonds is 1. The second-order valence-electron chi connectivity index (χ2n) is 5.45. The maximum Gasteiger partial charge on any atom is 0.271 e. The molecule has 0 spiro atoms. The molecule has 3 aromatic rings. The molecule has 0 saturated carbocycles. The fraction of sp³-hybridized carbons (Fsp3) is 0.267. The van der Waals surface area contributed by atoms with Gasteiger partial charge in [-0.15, -0.1) is 10.2 Å². The minimum atomic E-state index is -0.266. The Morgan fingerprint density at radius 3 is 3.08 bits per heavy atom. The van der Waals surface area contributed by atoms with E-state index in [9.17, 15) is 4.79 Å². The Hall–Kier alpha value is -3.27. The zero-order valence-corrected chi connectivity index (χ0v) is 13.5. The smallest absolute Gasteiger partial charge is 0.271 e. The van der Waals surface area contributed by atoms with Crippen LogP contribution in [0.4, 0.5) is 17.3 Å². The molecule has 1 amide bonds. The summed E-state index contributed by atoms with van der Waals surface area (Å²) in [5, 5.41) is 21.5. The van der Waals surface area contributed by atoms with Crippen molar-refractivity contribution >= 4 is 28.9 Å². The molecule has 0 unspecified atom stereocenters. The van der Waals surface area contributed by atoms with E-state index >= 15 is 0 Å². The van der Waals surface area contributed by atoms with Crippen LogP contribution >= 0.6 is 0 Å². The molecule has 0 aromatic carbocycles. The fourth-order valence-electron chi connectivity index (χ4n) is 2.56. The Morgan fingerprint density at radius 2 is 2.20 bits per heavy atom. The zero-order chi connectivity index (χ0) is 17.2. The van der Waals surface area contributed by atoms with Gasteiger partial charge in [0.2, 0.25) is 0 Å². The number of amides is 1. The monoisotopic (exact) mass is 340 g/mol. The van der Waals surface area contributed by atoms with Crippen LogP contribution in [0.1, 0.15) is 16.1 Å². The quantitative estimate of drug-likeness (QED) is 0.588. The molecule has 0 fully saturated rings. The number of nitrogens with one attached hydrogen (secondary N) is 3. The minimum absolute atomic E-state index is 0.266.